The molecule has 0 heterocycles. The van der Waals surface area contributed by atoms with Crippen molar-refractivity contribution in [3.05, 3.63) is 0 Å². The van der Waals surface area contributed by atoms with Crippen LogP contribution >= 0.6 is 0 Å². The second-order valence-electron chi connectivity index (χ2n) is 5.64. The predicted molar refractivity (Wildman–Crippen MR) is 70.2 cm³/mol. The lowest BCUT2D eigenvalue weighted by atomic mass is 10.0. The van der Waals surface area contributed by atoms with E-state index in [-0.39, 0.29) is 18.5 Å². The third kappa shape index (κ3) is 5.16. The Morgan fingerprint density at radius 2 is 1.68 bits per heavy atom. The van der Waals surface area contributed by atoms with Crippen LogP contribution < -0.4 is 10.6 Å². The van der Waals surface area contributed by atoms with Gasteiger partial charge in [-0.25, -0.2) is 0 Å². The van der Waals surface area contributed by atoms with E-state index in [0.717, 1.165) is 12.8 Å². The minimum atomic E-state index is -1.14. The zero-order valence-electron chi connectivity index (χ0n) is 11.7. The van der Waals surface area contributed by atoms with E-state index < -0.39 is 29.9 Å². The molecule has 1 aliphatic carbocycles. The highest BCUT2D eigenvalue weighted by molar-refractivity contribution is 5.82. The third-order valence-corrected chi connectivity index (χ3v) is 3.23. The van der Waals surface area contributed by atoms with Crippen LogP contribution in [0.25, 0.3) is 0 Å². The molecule has 0 radical (unpaired) electrons. The smallest absolute Gasteiger partial charge is 0.249 e. The number of rotatable bonds is 7. The molecular weight excluding hydrogens is 248 g/mol. The lowest BCUT2D eigenvalue weighted by Crippen LogP contribution is -2.45. The molecule has 0 aromatic carbocycles. The van der Waals surface area contributed by atoms with Crippen LogP contribution in [0.3, 0.4) is 0 Å². The van der Waals surface area contributed by atoms with Crippen LogP contribution in [0.2, 0.25) is 0 Å². The van der Waals surface area contributed by atoms with Gasteiger partial charge in [0.1, 0.15) is 12.2 Å². The third-order valence-electron chi connectivity index (χ3n) is 3.23. The van der Waals surface area contributed by atoms with E-state index in [1.54, 1.807) is 20.8 Å². The average molecular weight is 272 g/mol. The van der Waals surface area contributed by atoms with Gasteiger partial charge in [0.15, 0.2) is 0 Å². The summed E-state index contributed by atoms with van der Waals surface area (Å²) in [6, 6.07) is 0.201. The lowest BCUT2D eigenvalue weighted by molar-refractivity contribution is -0.134. The molecule has 6 nitrogen and oxygen atoms in total. The molecule has 0 aromatic heterocycles. The molecule has 1 fully saturated rings. The van der Waals surface area contributed by atoms with Crippen molar-refractivity contribution in [2.45, 2.75) is 51.9 Å². The van der Waals surface area contributed by atoms with Crippen LogP contribution in [-0.2, 0) is 9.59 Å². The monoisotopic (exact) mass is 272 g/mol. The molecule has 1 aliphatic rings. The summed E-state index contributed by atoms with van der Waals surface area (Å²) in [5.41, 5.74) is 0. The molecule has 3 unspecified atom stereocenters. The Bertz CT molecular complexity index is 329. The molecule has 0 spiro atoms. The molecule has 1 rings (SSSR count). The zero-order valence-corrected chi connectivity index (χ0v) is 11.7. The fourth-order valence-corrected chi connectivity index (χ4v) is 1.55. The Hall–Kier alpha value is -1.14. The van der Waals surface area contributed by atoms with Gasteiger partial charge in [0, 0.05) is 18.5 Å². The fourth-order valence-electron chi connectivity index (χ4n) is 1.55. The summed E-state index contributed by atoms with van der Waals surface area (Å²) in [6.45, 7) is 5.32. The Morgan fingerprint density at radius 1 is 1.11 bits per heavy atom. The summed E-state index contributed by atoms with van der Waals surface area (Å²) in [5, 5.41) is 24.6. The van der Waals surface area contributed by atoms with Crippen molar-refractivity contribution in [3.63, 3.8) is 0 Å². The van der Waals surface area contributed by atoms with Crippen molar-refractivity contribution in [3.8, 4) is 0 Å². The molecule has 0 aromatic rings. The molecule has 19 heavy (non-hydrogen) atoms. The number of nitrogens with one attached hydrogen (secondary N) is 2. The van der Waals surface area contributed by atoms with Crippen molar-refractivity contribution in [2.75, 3.05) is 6.54 Å². The minimum absolute atomic E-state index is 0.155. The summed E-state index contributed by atoms with van der Waals surface area (Å²) in [5.74, 6) is -1.44. The normalized spacial score (nSPS) is 19.7. The van der Waals surface area contributed by atoms with Crippen LogP contribution in [-0.4, -0.2) is 46.8 Å². The van der Waals surface area contributed by atoms with Gasteiger partial charge in [-0.2, -0.15) is 0 Å². The van der Waals surface area contributed by atoms with Crippen molar-refractivity contribution in [1.82, 2.24) is 10.6 Å². The first kappa shape index (κ1) is 15.9. The minimum Gasteiger partial charge on any atom is -0.383 e. The Kier molecular flexibility index (Phi) is 5.75. The lowest BCUT2D eigenvalue weighted by Gasteiger charge is -2.20. The first-order valence-electron chi connectivity index (χ1n) is 6.77. The second kappa shape index (κ2) is 6.86. The maximum atomic E-state index is 11.6. The van der Waals surface area contributed by atoms with Gasteiger partial charge in [0.05, 0.1) is 0 Å². The number of aliphatic hydroxyl groups excluding tert-OH is 2. The van der Waals surface area contributed by atoms with Gasteiger partial charge in [-0.1, -0.05) is 20.8 Å². The van der Waals surface area contributed by atoms with Gasteiger partial charge in [0.25, 0.3) is 0 Å². The number of amides is 2. The number of hydrogen-bond acceptors (Lipinski definition) is 4. The molecule has 110 valence electrons. The molecule has 2 amide bonds. The van der Waals surface area contributed by atoms with E-state index in [2.05, 4.69) is 10.6 Å². The second-order valence-corrected chi connectivity index (χ2v) is 5.64. The van der Waals surface area contributed by atoms with E-state index in [1.165, 1.54) is 0 Å². The first-order chi connectivity index (χ1) is 8.82. The average Bonchev–Trinajstić information content (AvgIpc) is 3.17. The first-order valence-corrected chi connectivity index (χ1v) is 6.77. The highest BCUT2D eigenvalue weighted by Gasteiger charge is 2.29. The summed E-state index contributed by atoms with van der Waals surface area (Å²) >= 11 is 0. The molecule has 0 bridgehead atoms. The Balaban J connectivity index is 2.30. The maximum Gasteiger partial charge on any atom is 0.249 e. The van der Waals surface area contributed by atoms with Crippen molar-refractivity contribution in [2.24, 2.45) is 11.8 Å². The van der Waals surface area contributed by atoms with Gasteiger partial charge in [0.2, 0.25) is 11.8 Å². The standard InChI is InChI=1S/C13H24N2O4/c1-7(2)10(16)12(18)14-6-8(3)11(17)13(19)15-9-4-5-9/h7-11,16-17H,4-6H2,1-3H3,(H,14,18)(H,15,19). The number of aliphatic hydroxyl groups is 2. The number of hydrogen-bond donors (Lipinski definition) is 4. The number of carbonyl (C=O) groups is 2. The van der Waals surface area contributed by atoms with E-state index >= 15 is 0 Å². The van der Waals surface area contributed by atoms with Crippen LogP contribution in [0.15, 0.2) is 0 Å². The van der Waals surface area contributed by atoms with E-state index in [9.17, 15) is 19.8 Å². The zero-order chi connectivity index (χ0) is 14.6. The van der Waals surface area contributed by atoms with Gasteiger partial charge < -0.3 is 20.8 Å². The topological polar surface area (TPSA) is 98.7 Å². The van der Waals surface area contributed by atoms with E-state index in [1.807, 2.05) is 0 Å². The molecular formula is C13H24N2O4. The molecule has 4 N–H and O–H groups in total. The van der Waals surface area contributed by atoms with Gasteiger partial charge >= 0.3 is 0 Å². The largest absolute Gasteiger partial charge is 0.383 e. The van der Waals surface area contributed by atoms with Gasteiger partial charge in [-0.3, -0.25) is 9.59 Å². The van der Waals surface area contributed by atoms with E-state index in [0.29, 0.717) is 0 Å². The summed E-state index contributed by atoms with van der Waals surface area (Å²) < 4.78 is 0. The summed E-state index contributed by atoms with van der Waals surface area (Å²) in [7, 11) is 0. The highest BCUT2D eigenvalue weighted by Crippen LogP contribution is 2.19. The highest BCUT2D eigenvalue weighted by atomic mass is 16.3. The van der Waals surface area contributed by atoms with Crippen LogP contribution in [0.4, 0.5) is 0 Å². The summed E-state index contributed by atoms with van der Waals surface area (Å²) in [6.07, 6.45) is -0.282. The Morgan fingerprint density at radius 3 is 2.16 bits per heavy atom. The molecule has 0 aliphatic heterocycles. The van der Waals surface area contributed by atoms with Gasteiger partial charge in [-0.15, -0.1) is 0 Å². The van der Waals surface area contributed by atoms with Crippen LogP contribution in [0.1, 0.15) is 33.6 Å². The Labute approximate surface area is 113 Å². The quantitative estimate of drug-likeness (QED) is 0.497. The molecule has 6 heteroatoms. The molecule has 3 atom stereocenters. The fraction of sp³-hybridized carbons (Fsp3) is 0.846. The van der Waals surface area contributed by atoms with Crippen molar-refractivity contribution in [1.29, 1.82) is 0 Å². The van der Waals surface area contributed by atoms with Crippen LogP contribution in [0, 0.1) is 11.8 Å². The van der Waals surface area contributed by atoms with Crippen LogP contribution in [0.5, 0.6) is 0 Å². The van der Waals surface area contributed by atoms with Crippen molar-refractivity contribution < 1.29 is 19.8 Å². The van der Waals surface area contributed by atoms with Gasteiger partial charge in [-0.05, 0) is 18.8 Å². The number of carbonyl (C=O) groups excluding carboxylic acids is 2. The maximum absolute atomic E-state index is 11.6. The molecule has 1 saturated carbocycles. The van der Waals surface area contributed by atoms with E-state index in [4.69, 9.17) is 0 Å². The molecule has 0 saturated heterocycles. The SMILES string of the molecule is CC(C)C(O)C(=O)NCC(C)C(O)C(=O)NC1CC1. The summed E-state index contributed by atoms with van der Waals surface area (Å²) in [4.78, 5) is 23.1. The van der Waals surface area contributed by atoms with Crippen molar-refractivity contribution >= 4 is 11.8 Å². The predicted octanol–water partition coefficient (Wildman–Crippen LogP) is -0.605.